The van der Waals surface area contributed by atoms with Gasteiger partial charge in [-0.05, 0) is 87.4 Å². The molecule has 0 unspecified atom stereocenters. The number of rotatable bonds is 10. The van der Waals surface area contributed by atoms with Crippen molar-refractivity contribution in [1.82, 2.24) is 0 Å². The highest BCUT2D eigenvalue weighted by molar-refractivity contribution is 6.05. The summed E-state index contributed by atoms with van der Waals surface area (Å²) >= 11 is 0. The molecule has 0 heterocycles. The van der Waals surface area contributed by atoms with Crippen LogP contribution in [-0.2, 0) is 13.2 Å². The lowest BCUT2D eigenvalue weighted by Crippen LogP contribution is -2.44. The van der Waals surface area contributed by atoms with Crippen molar-refractivity contribution in [2.24, 2.45) is 0 Å². The van der Waals surface area contributed by atoms with Crippen molar-refractivity contribution in [2.45, 2.75) is 40.9 Å². The second-order valence-corrected chi connectivity index (χ2v) is 8.71. The molecule has 3 aromatic carbocycles. The normalized spacial score (nSPS) is 10.7. The Balaban J connectivity index is 1.81. The summed E-state index contributed by atoms with van der Waals surface area (Å²) in [5.74, 6) is 0. The molecule has 0 radical (unpaired) electrons. The van der Waals surface area contributed by atoms with Crippen LogP contribution in [0.15, 0.2) is 72.8 Å². The van der Waals surface area contributed by atoms with Crippen molar-refractivity contribution < 1.29 is 19.8 Å². The summed E-state index contributed by atoms with van der Waals surface area (Å²) in [7, 11) is 0. The van der Waals surface area contributed by atoms with Crippen molar-refractivity contribution >= 4 is 34.8 Å². The van der Waals surface area contributed by atoms with E-state index in [-0.39, 0.29) is 25.3 Å². The number of nitrogens with zero attached hydrogens (tertiary/aromatic N) is 4. The van der Waals surface area contributed by atoms with Gasteiger partial charge in [0.05, 0.1) is 13.2 Å². The SMILES string of the molecule is CCN(C(=O)N(CC)c1ccc(N(CC)C(=O)N(CC)c2ccc(CO)cc2)cc1)c1ccc(CO)cc1. The van der Waals surface area contributed by atoms with Gasteiger partial charge in [0.25, 0.3) is 0 Å². The smallest absolute Gasteiger partial charge is 0.328 e. The lowest BCUT2D eigenvalue weighted by Gasteiger charge is -2.31. The van der Waals surface area contributed by atoms with Gasteiger partial charge in [-0.2, -0.15) is 0 Å². The Labute approximate surface area is 225 Å². The Morgan fingerprint density at radius 1 is 0.474 bits per heavy atom. The van der Waals surface area contributed by atoms with Crippen LogP contribution in [0.2, 0.25) is 0 Å². The Morgan fingerprint density at radius 2 is 0.684 bits per heavy atom. The molecule has 0 fully saturated rings. The first-order valence-electron chi connectivity index (χ1n) is 13.1. The van der Waals surface area contributed by atoms with Gasteiger partial charge in [0.15, 0.2) is 0 Å². The van der Waals surface area contributed by atoms with E-state index in [9.17, 15) is 19.8 Å². The molecule has 2 N–H and O–H groups in total. The highest BCUT2D eigenvalue weighted by Crippen LogP contribution is 2.26. The molecule has 202 valence electrons. The highest BCUT2D eigenvalue weighted by atomic mass is 16.3. The molecule has 0 aromatic heterocycles. The van der Waals surface area contributed by atoms with Crippen molar-refractivity contribution in [3.63, 3.8) is 0 Å². The monoisotopic (exact) mass is 518 g/mol. The molecule has 0 atom stereocenters. The largest absolute Gasteiger partial charge is 0.392 e. The lowest BCUT2D eigenvalue weighted by atomic mass is 10.2. The third-order valence-electron chi connectivity index (χ3n) is 6.52. The average molecular weight is 519 g/mol. The minimum atomic E-state index is -0.147. The van der Waals surface area contributed by atoms with E-state index in [1.165, 1.54) is 0 Å². The zero-order valence-electron chi connectivity index (χ0n) is 22.7. The van der Waals surface area contributed by atoms with Crippen LogP contribution in [0.25, 0.3) is 0 Å². The first-order valence-corrected chi connectivity index (χ1v) is 13.1. The van der Waals surface area contributed by atoms with Crippen LogP contribution < -0.4 is 19.6 Å². The second kappa shape index (κ2) is 13.6. The molecule has 0 bridgehead atoms. The van der Waals surface area contributed by atoms with Gasteiger partial charge >= 0.3 is 12.1 Å². The summed E-state index contributed by atoms with van der Waals surface area (Å²) in [5.41, 5.74) is 4.58. The summed E-state index contributed by atoms with van der Waals surface area (Å²) < 4.78 is 0. The molecule has 8 nitrogen and oxygen atoms in total. The number of carbonyl (C=O) groups is 2. The standard InChI is InChI=1S/C30H38N4O4/c1-5-31(25-13-9-23(21-35)10-14-25)29(37)33(7-3)27-17-19-28(20-18-27)34(8-4)30(38)32(6-2)26-15-11-24(22-36)12-16-26/h9-20,35-36H,5-8,21-22H2,1-4H3. The zero-order chi connectivity index (χ0) is 27.7. The summed E-state index contributed by atoms with van der Waals surface area (Å²) in [4.78, 5) is 33.8. The Morgan fingerprint density at radius 3 is 0.868 bits per heavy atom. The molecule has 3 aromatic rings. The zero-order valence-corrected chi connectivity index (χ0v) is 22.7. The van der Waals surface area contributed by atoms with E-state index in [0.717, 1.165) is 33.9 Å². The molecular weight excluding hydrogens is 480 g/mol. The molecular formula is C30H38N4O4. The van der Waals surface area contributed by atoms with Crippen LogP contribution in [-0.4, -0.2) is 48.5 Å². The number of carbonyl (C=O) groups excluding carboxylic acids is 2. The van der Waals surface area contributed by atoms with Crippen molar-refractivity contribution in [1.29, 1.82) is 0 Å². The number of amides is 4. The Hall–Kier alpha value is -3.88. The van der Waals surface area contributed by atoms with E-state index < -0.39 is 0 Å². The maximum atomic E-state index is 13.5. The summed E-state index contributed by atoms with van der Waals surface area (Å²) in [6, 6.07) is 21.8. The van der Waals surface area contributed by atoms with E-state index in [0.29, 0.717) is 26.2 Å². The first kappa shape index (κ1) is 28.7. The van der Waals surface area contributed by atoms with Gasteiger partial charge in [-0.3, -0.25) is 19.6 Å². The summed E-state index contributed by atoms with van der Waals surface area (Å²) in [5, 5.41) is 18.6. The number of hydrogen-bond acceptors (Lipinski definition) is 4. The van der Waals surface area contributed by atoms with Gasteiger partial charge in [-0.25, -0.2) is 9.59 Å². The maximum Gasteiger partial charge on any atom is 0.328 e. The maximum absolute atomic E-state index is 13.5. The first-order chi connectivity index (χ1) is 18.4. The lowest BCUT2D eigenvalue weighted by molar-refractivity contribution is 0.251. The topological polar surface area (TPSA) is 87.6 Å². The van der Waals surface area contributed by atoms with Gasteiger partial charge in [0.2, 0.25) is 0 Å². The summed E-state index contributed by atoms with van der Waals surface area (Å²) in [6.45, 7) is 9.57. The molecule has 4 amide bonds. The van der Waals surface area contributed by atoms with E-state index in [1.54, 1.807) is 19.6 Å². The molecule has 0 saturated carbocycles. The van der Waals surface area contributed by atoms with Crippen LogP contribution in [0, 0.1) is 0 Å². The molecule has 38 heavy (non-hydrogen) atoms. The molecule has 0 aliphatic heterocycles. The minimum Gasteiger partial charge on any atom is -0.392 e. The molecule has 0 aliphatic carbocycles. The van der Waals surface area contributed by atoms with Crippen LogP contribution in [0.3, 0.4) is 0 Å². The molecule has 3 rings (SSSR count). The van der Waals surface area contributed by atoms with Gasteiger partial charge in [-0.1, -0.05) is 24.3 Å². The number of benzene rings is 3. The van der Waals surface area contributed by atoms with E-state index in [4.69, 9.17) is 0 Å². The van der Waals surface area contributed by atoms with E-state index in [1.807, 2.05) is 100 Å². The van der Waals surface area contributed by atoms with Crippen molar-refractivity contribution in [3.8, 4) is 0 Å². The summed E-state index contributed by atoms with van der Waals surface area (Å²) in [6.07, 6.45) is 0. The van der Waals surface area contributed by atoms with Gasteiger partial charge in [0, 0.05) is 48.9 Å². The molecule has 8 heteroatoms. The molecule has 0 saturated heterocycles. The quantitative estimate of drug-likeness (QED) is 0.365. The third kappa shape index (κ3) is 6.33. The van der Waals surface area contributed by atoms with Gasteiger partial charge in [-0.15, -0.1) is 0 Å². The van der Waals surface area contributed by atoms with E-state index >= 15 is 0 Å². The number of hydrogen-bond donors (Lipinski definition) is 2. The van der Waals surface area contributed by atoms with Gasteiger partial charge < -0.3 is 10.2 Å². The number of aliphatic hydroxyl groups is 2. The average Bonchev–Trinajstić information content (AvgIpc) is 2.96. The number of aliphatic hydroxyl groups excluding tert-OH is 2. The molecule has 0 spiro atoms. The van der Waals surface area contributed by atoms with Crippen molar-refractivity contribution in [3.05, 3.63) is 83.9 Å². The van der Waals surface area contributed by atoms with Gasteiger partial charge in [0.1, 0.15) is 0 Å². The fourth-order valence-corrected chi connectivity index (χ4v) is 4.38. The number of urea groups is 2. The second-order valence-electron chi connectivity index (χ2n) is 8.71. The number of anilines is 4. The van der Waals surface area contributed by atoms with Crippen molar-refractivity contribution in [2.75, 3.05) is 45.8 Å². The van der Waals surface area contributed by atoms with Crippen LogP contribution in [0.5, 0.6) is 0 Å². The van der Waals surface area contributed by atoms with E-state index in [2.05, 4.69) is 0 Å². The van der Waals surface area contributed by atoms with Crippen LogP contribution in [0.1, 0.15) is 38.8 Å². The predicted octanol–water partition coefficient (Wildman–Crippen LogP) is 5.62. The predicted molar refractivity (Wildman–Crippen MR) is 154 cm³/mol. The van der Waals surface area contributed by atoms with Crippen LogP contribution in [0.4, 0.5) is 32.3 Å². The Bertz CT molecular complexity index is 1090. The third-order valence-corrected chi connectivity index (χ3v) is 6.52. The fraction of sp³-hybridized carbons (Fsp3) is 0.333. The minimum absolute atomic E-state index is 0.0446. The Kier molecular flexibility index (Phi) is 10.3. The molecule has 0 aliphatic rings. The fourth-order valence-electron chi connectivity index (χ4n) is 4.38. The van der Waals surface area contributed by atoms with Crippen LogP contribution >= 0.6 is 0 Å². The highest BCUT2D eigenvalue weighted by Gasteiger charge is 2.24.